The molecule has 1 amide bonds. The van der Waals surface area contributed by atoms with Crippen LogP contribution in [0.15, 0.2) is 39.8 Å². The molecule has 142 valence electrons. The van der Waals surface area contributed by atoms with E-state index in [0.29, 0.717) is 30.5 Å². The molecule has 0 aliphatic rings. The number of amides is 1. The van der Waals surface area contributed by atoms with Crippen LogP contribution in [0.1, 0.15) is 47.1 Å². The Morgan fingerprint density at radius 1 is 1.23 bits per heavy atom. The zero-order valence-electron chi connectivity index (χ0n) is 15.5. The molecule has 1 aromatic carbocycles. The SMILES string of the molecule is CN=C(NCc1cccc(C(=O)NC)c1)NCc1cc(C(C)C)no1.I. The first-order chi connectivity index (χ1) is 12.0. The van der Waals surface area contributed by atoms with Gasteiger partial charge in [-0.1, -0.05) is 31.1 Å². The summed E-state index contributed by atoms with van der Waals surface area (Å²) in [5.41, 5.74) is 2.56. The lowest BCUT2D eigenvalue weighted by Crippen LogP contribution is -2.36. The van der Waals surface area contributed by atoms with E-state index in [1.807, 2.05) is 24.3 Å². The predicted octanol–water partition coefficient (Wildman–Crippen LogP) is 2.64. The van der Waals surface area contributed by atoms with Gasteiger partial charge in [-0.05, 0) is 23.6 Å². The molecular formula is C18H26IN5O2. The van der Waals surface area contributed by atoms with Crippen LogP contribution in [0.5, 0.6) is 0 Å². The van der Waals surface area contributed by atoms with Crippen molar-refractivity contribution in [3.63, 3.8) is 0 Å². The highest BCUT2D eigenvalue weighted by atomic mass is 127. The number of aromatic nitrogens is 1. The fourth-order valence-electron chi connectivity index (χ4n) is 2.23. The van der Waals surface area contributed by atoms with E-state index < -0.39 is 0 Å². The number of carbonyl (C=O) groups excluding carboxylic acids is 1. The van der Waals surface area contributed by atoms with E-state index in [1.165, 1.54) is 0 Å². The smallest absolute Gasteiger partial charge is 0.251 e. The maximum absolute atomic E-state index is 11.7. The molecule has 1 heterocycles. The van der Waals surface area contributed by atoms with Crippen molar-refractivity contribution in [2.75, 3.05) is 14.1 Å². The molecule has 2 rings (SSSR count). The number of halogens is 1. The van der Waals surface area contributed by atoms with Gasteiger partial charge in [0.2, 0.25) is 0 Å². The van der Waals surface area contributed by atoms with Crippen LogP contribution in [-0.2, 0) is 13.1 Å². The maximum Gasteiger partial charge on any atom is 0.251 e. The molecule has 3 N–H and O–H groups in total. The minimum absolute atomic E-state index is 0. The zero-order chi connectivity index (χ0) is 18.2. The number of nitrogens with zero attached hydrogens (tertiary/aromatic N) is 2. The minimum atomic E-state index is -0.101. The Kier molecular flexibility index (Phi) is 9.11. The molecule has 26 heavy (non-hydrogen) atoms. The third-order valence-corrected chi connectivity index (χ3v) is 3.70. The molecule has 0 aliphatic heterocycles. The van der Waals surface area contributed by atoms with Gasteiger partial charge in [0.05, 0.1) is 12.2 Å². The normalized spacial score (nSPS) is 11.0. The molecule has 0 radical (unpaired) electrons. The van der Waals surface area contributed by atoms with Crippen molar-refractivity contribution in [3.8, 4) is 0 Å². The van der Waals surface area contributed by atoms with Crippen LogP contribution >= 0.6 is 24.0 Å². The Bertz CT molecular complexity index is 743. The summed E-state index contributed by atoms with van der Waals surface area (Å²) in [5, 5.41) is 13.1. The van der Waals surface area contributed by atoms with Gasteiger partial charge in [0, 0.05) is 32.3 Å². The molecule has 1 aromatic heterocycles. The van der Waals surface area contributed by atoms with Crippen molar-refractivity contribution in [1.82, 2.24) is 21.1 Å². The van der Waals surface area contributed by atoms with Gasteiger partial charge >= 0.3 is 0 Å². The maximum atomic E-state index is 11.7. The van der Waals surface area contributed by atoms with E-state index >= 15 is 0 Å². The van der Waals surface area contributed by atoms with Crippen molar-refractivity contribution < 1.29 is 9.32 Å². The first-order valence-electron chi connectivity index (χ1n) is 8.24. The Morgan fingerprint density at radius 2 is 1.96 bits per heavy atom. The highest BCUT2D eigenvalue weighted by molar-refractivity contribution is 14.0. The van der Waals surface area contributed by atoms with Crippen LogP contribution in [0, 0.1) is 0 Å². The molecule has 2 aromatic rings. The molecule has 7 nitrogen and oxygen atoms in total. The van der Waals surface area contributed by atoms with Gasteiger partial charge in [-0.15, -0.1) is 24.0 Å². The van der Waals surface area contributed by atoms with E-state index in [0.717, 1.165) is 17.0 Å². The molecule has 0 atom stereocenters. The van der Waals surface area contributed by atoms with E-state index in [4.69, 9.17) is 4.52 Å². The van der Waals surface area contributed by atoms with Crippen molar-refractivity contribution in [1.29, 1.82) is 0 Å². The molecule has 0 fully saturated rings. The van der Waals surface area contributed by atoms with Crippen LogP contribution in [0.2, 0.25) is 0 Å². The number of nitrogens with one attached hydrogen (secondary N) is 3. The second-order valence-corrected chi connectivity index (χ2v) is 5.93. The topological polar surface area (TPSA) is 91.5 Å². The largest absolute Gasteiger partial charge is 0.359 e. The fraction of sp³-hybridized carbons (Fsp3) is 0.389. The summed E-state index contributed by atoms with van der Waals surface area (Å²) in [5.74, 6) is 1.64. The monoisotopic (exact) mass is 471 g/mol. The number of hydrogen-bond acceptors (Lipinski definition) is 4. The van der Waals surface area contributed by atoms with Gasteiger partial charge in [-0.25, -0.2) is 0 Å². The van der Waals surface area contributed by atoms with Crippen molar-refractivity contribution in [2.45, 2.75) is 32.9 Å². The average molecular weight is 471 g/mol. The minimum Gasteiger partial charge on any atom is -0.359 e. The summed E-state index contributed by atoms with van der Waals surface area (Å²) in [4.78, 5) is 15.9. The van der Waals surface area contributed by atoms with Crippen molar-refractivity contribution in [2.24, 2.45) is 4.99 Å². The summed E-state index contributed by atoms with van der Waals surface area (Å²) in [6, 6.07) is 9.39. The Labute approximate surface area is 171 Å². The number of benzene rings is 1. The molecule has 0 saturated carbocycles. The van der Waals surface area contributed by atoms with Crippen LogP contribution in [0.3, 0.4) is 0 Å². The third kappa shape index (κ3) is 6.32. The summed E-state index contributed by atoms with van der Waals surface area (Å²) in [7, 11) is 3.32. The van der Waals surface area contributed by atoms with Gasteiger partial charge in [0.25, 0.3) is 5.91 Å². The number of rotatable bonds is 6. The summed E-state index contributed by atoms with van der Waals surface area (Å²) >= 11 is 0. The summed E-state index contributed by atoms with van der Waals surface area (Å²) < 4.78 is 5.30. The fourth-order valence-corrected chi connectivity index (χ4v) is 2.23. The molecule has 0 saturated heterocycles. The second kappa shape index (κ2) is 10.8. The highest BCUT2D eigenvalue weighted by Gasteiger charge is 2.08. The van der Waals surface area contributed by atoms with Gasteiger partial charge in [-0.2, -0.15) is 0 Å². The molecule has 0 aliphatic carbocycles. The van der Waals surface area contributed by atoms with Crippen molar-refractivity contribution in [3.05, 3.63) is 52.9 Å². The Balaban J connectivity index is 0.00000338. The average Bonchev–Trinajstić information content (AvgIpc) is 3.11. The third-order valence-electron chi connectivity index (χ3n) is 3.70. The quantitative estimate of drug-likeness (QED) is 0.343. The van der Waals surface area contributed by atoms with Gasteiger partial charge < -0.3 is 20.5 Å². The standard InChI is InChI=1S/C18H25N5O2.HI/c1-12(2)16-9-15(25-23-16)11-22-18(20-4)21-10-13-6-5-7-14(8-13)17(24)19-3;/h5-9,12H,10-11H2,1-4H3,(H,19,24)(H2,20,21,22);1H. The molecule has 8 heteroatoms. The van der Waals surface area contributed by atoms with Crippen LogP contribution in [-0.4, -0.2) is 31.1 Å². The van der Waals surface area contributed by atoms with Gasteiger partial charge in [0.15, 0.2) is 11.7 Å². The first kappa shape index (κ1) is 21.9. The zero-order valence-corrected chi connectivity index (χ0v) is 17.8. The van der Waals surface area contributed by atoms with Crippen LogP contribution < -0.4 is 16.0 Å². The van der Waals surface area contributed by atoms with Crippen LogP contribution in [0.4, 0.5) is 0 Å². The first-order valence-corrected chi connectivity index (χ1v) is 8.24. The molecule has 0 spiro atoms. The molecular weight excluding hydrogens is 445 g/mol. The van der Waals surface area contributed by atoms with Gasteiger partial charge in [0.1, 0.15) is 0 Å². The number of aliphatic imine (C=N–C) groups is 1. The van der Waals surface area contributed by atoms with Crippen LogP contribution in [0.25, 0.3) is 0 Å². The molecule has 0 bridgehead atoms. The highest BCUT2D eigenvalue weighted by Crippen LogP contribution is 2.13. The number of hydrogen-bond donors (Lipinski definition) is 3. The van der Waals surface area contributed by atoms with E-state index in [9.17, 15) is 4.79 Å². The number of carbonyl (C=O) groups is 1. The van der Waals surface area contributed by atoms with E-state index in [2.05, 4.69) is 39.9 Å². The van der Waals surface area contributed by atoms with Gasteiger partial charge in [-0.3, -0.25) is 9.79 Å². The lowest BCUT2D eigenvalue weighted by Gasteiger charge is -2.11. The van der Waals surface area contributed by atoms with E-state index in [1.54, 1.807) is 20.2 Å². The Morgan fingerprint density at radius 3 is 2.58 bits per heavy atom. The predicted molar refractivity (Wildman–Crippen MR) is 113 cm³/mol. The summed E-state index contributed by atoms with van der Waals surface area (Å²) in [6.45, 7) is 5.20. The lowest BCUT2D eigenvalue weighted by molar-refractivity contribution is 0.0963. The second-order valence-electron chi connectivity index (χ2n) is 5.93. The number of guanidine groups is 1. The van der Waals surface area contributed by atoms with E-state index in [-0.39, 0.29) is 29.9 Å². The summed E-state index contributed by atoms with van der Waals surface area (Å²) in [6.07, 6.45) is 0. The van der Waals surface area contributed by atoms with Crippen molar-refractivity contribution >= 4 is 35.8 Å². The Hall–Kier alpha value is -2.10. The lowest BCUT2D eigenvalue weighted by atomic mass is 10.1. The molecule has 0 unspecified atom stereocenters.